The number of ether oxygens (including phenoxy) is 1. The molecule has 2 aromatic heterocycles. The van der Waals surface area contributed by atoms with E-state index in [4.69, 9.17) is 13.6 Å². The lowest BCUT2D eigenvalue weighted by atomic mass is 10.0. The van der Waals surface area contributed by atoms with Crippen LogP contribution < -0.4 is 4.74 Å². The van der Waals surface area contributed by atoms with Crippen molar-refractivity contribution in [2.24, 2.45) is 0 Å². The molecule has 0 aliphatic rings. The van der Waals surface area contributed by atoms with Crippen LogP contribution in [0.5, 0.6) is 5.75 Å². The number of rotatable bonds is 5. The van der Waals surface area contributed by atoms with E-state index < -0.39 is 11.8 Å². The highest BCUT2D eigenvalue weighted by molar-refractivity contribution is 6.09. The van der Waals surface area contributed by atoms with Crippen LogP contribution in [0.15, 0.2) is 57.8 Å². The Bertz CT molecular complexity index is 1140. The molecule has 6 nitrogen and oxygen atoms in total. The van der Waals surface area contributed by atoms with Crippen molar-refractivity contribution in [1.82, 2.24) is 4.98 Å². The summed E-state index contributed by atoms with van der Waals surface area (Å²) in [5.41, 5.74) is 1.39. The van der Waals surface area contributed by atoms with Gasteiger partial charge in [0.1, 0.15) is 28.5 Å². The molecule has 4 rings (SSSR count). The molecule has 7 heteroatoms. The molecule has 4 aromatic rings. The predicted octanol–water partition coefficient (Wildman–Crippen LogP) is 5.38. The van der Waals surface area contributed by atoms with Gasteiger partial charge in [-0.3, -0.25) is 0 Å². The number of carboxylic acids is 1. The van der Waals surface area contributed by atoms with Crippen LogP contribution >= 0.6 is 0 Å². The van der Waals surface area contributed by atoms with Crippen molar-refractivity contribution >= 4 is 16.9 Å². The number of nitrogens with zero attached hydrogens (tertiary/aromatic N) is 1. The topological polar surface area (TPSA) is 85.7 Å². The van der Waals surface area contributed by atoms with Gasteiger partial charge in [0, 0.05) is 10.9 Å². The van der Waals surface area contributed by atoms with Crippen LogP contribution in [0.3, 0.4) is 0 Å². The third kappa shape index (κ3) is 3.11. The van der Waals surface area contributed by atoms with Crippen LogP contribution in [0.1, 0.15) is 24.2 Å². The molecule has 0 saturated carbocycles. The lowest BCUT2D eigenvalue weighted by Gasteiger charge is -2.13. The maximum atomic E-state index is 13.3. The van der Waals surface area contributed by atoms with Crippen molar-refractivity contribution in [2.45, 2.75) is 20.0 Å². The molecule has 0 fully saturated rings. The summed E-state index contributed by atoms with van der Waals surface area (Å²) in [6, 6.07) is 8.73. The van der Waals surface area contributed by atoms with Gasteiger partial charge in [0.2, 0.25) is 0 Å². The number of hydrogen-bond donors (Lipinski definition) is 1. The van der Waals surface area contributed by atoms with E-state index in [0.717, 1.165) is 0 Å². The number of carbonyl (C=O) groups is 1. The Labute approximate surface area is 159 Å². The quantitative estimate of drug-likeness (QED) is 0.499. The Morgan fingerprint density at radius 3 is 2.57 bits per heavy atom. The molecule has 0 spiro atoms. The smallest absolute Gasteiger partial charge is 0.340 e. The molecule has 0 aliphatic heterocycles. The number of halogens is 1. The Kier molecular flexibility index (Phi) is 4.35. The van der Waals surface area contributed by atoms with Gasteiger partial charge in [0.05, 0.1) is 17.9 Å². The summed E-state index contributed by atoms with van der Waals surface area (Å²) >= 11 is 0. The molecule has 2 aromatic carbocycles. The molecular weight excluding hydrogens is 365 g/mol. The maximum Gasteiger partial charge on any atom is 0.340 e. The first-order valence-electron chi connectivity index (χ1n) is 8.59. The summed E-state index contributed by atoms with van der Waals surface area (Å²) in [6.07, 6.45) is 2.69. The summed E-state index contributed by atoms with van der Waals surface area (Å²) in [5, 5.41) is 10.2. The zero-order valence-electron chi connectivity index (χ0n) is 15.1. The van der Waals surface area contributed by atoms with E-state index in [1.807, 2.05) is 13.8 Å². The Hall–Kier alpha value is -3.61. The molecule has 0 amide bonds. The van der Waals surface area contributed by atoms with Gasteiger partial charge in [0.15, 0.2) is 12.2 Å². The van der Waals surface area contributed by atoms with Gasteiger partial charge in [0.25, 0.3) is 0 Å². The number of oxazole rings is 1. The van der Waals surface area contributed by atoms with Crippen molar-refractivity contribution in [3.05, 3.63) is 60.4 Å². The second kappa shape index (κ2) is 6.84. The fraction of sp³-hybridized carbons (Fsp3) is 0.143. The standard InChI is InChI=1S/C21H16FNO5/c1-11(2)27-16-8-15-17(7-14(16)18-9-23-10-26-18)28-20(19(15)21(24)25)12-3-5-13(22)6-4-12/h3-11H,1-2H3,(H,24,25). The zero-order valence-corrected chi connectivity index (χ0v) is 15.1. The van der Waals surface area contributed by atoms with E-state index in [1.54, 1.807) is 12.1 Å². The van der Waals surface area contributed by atoms with Crippen LogP contribution in [0, 0.1) is 5.82 Å². The van der Waals surface area contributed by atoms with Crippen molar-refractivity contribution < 1.29 is 27.9 Å². The minimum atomic E-state index is -1.15. The largest absolute Gasteiger partial charge is 0.490 e. The number of fused-ring (bicyclic) bond motifs is 1. The third-order valence-corrected chi connectivity index (χ3v) is 4.17. The van der Waals surface area contributed by atoms with E-state index in [-0.39, 0.29) is 17.4 Å². The molecule has 142 valence electrons. The summed E-state index contributed by atoms with van der Waals surface area (Å²) in [6.45, 7) is 3.73. The van der Waals surface area contributed by atoms with Crippen LogP contribution in [0.25, 0.3) is 33.6 Å². The van der Waals surface area contributed by atoms with Crippen LogP contribution in [-0.2, 0) is 0 Å². The molecule has 0 aliphatic carbocycles. The summed E-state index contributed by atoms with van der Waals surface area (Å²) in [7, 11) is 0. The molecular formula is C21H16FNO5. The molecule has 0 atom stereocenters. The van der Waals surface area contributed by atoms with E-state index in [9.17, 15) is 14.3 Å². The molecule has 0 radical (unpaired) electrons. The van der Waals surface area contributed by atoms with Gasteiger partial charge in [-0.05, 0) is 50.2 Å². The number of furan rings is 1. The molecule has 0 unspecified atom stereocenters. The molecule has 1 N–H and O–H groups in total. The van der Waals surface area contributed by atoms with E-state index >= 15 is 0 Å². The average molecular weight is 381 g/mol. The van der Waals surface area contributed by atoms with Crippen molar-refractivity contribution in [1.29, 1.82) is 0 Å². The van der Waals surface area contributed by atoms with Crippen LogP contribution in [0.2, 0.25) is 0 Å². The van der Waals surface area contributed by atoms with Crippen molar-refractivity contribution in [2.75, 3.05) is 0 Å². The lowest BCUT2D eigenvalue weighted by molar-refractivity contribution is 0.0699. The molecule has 2 heterocycles. The average Bonchev–Trinajstić information content (AvgIpc) is 3.28. The number of benzene rings is 2. The van der Waals surface area contributed by atoms with Crippen molar-refractivity contribution in [3.8, 4) is 28.4 Å². The highest BCUT2D eigenvalue weighted by atomic mass is 19.1. The van der Waals surface area contributed by atoms with Gasteiger partial charge in [-0.25, -0.2) is 14.2 Å². The first-order valence-corrected chi connectivity index (χ1v) is 8.59. The molecule has 0 bridgehead atoms. The monoisotopic (exact) mass is 381 g/mol. The third-order valence-electron chi connectivity index (χ3n) is 4.17. The molecule has 0 saturated heterocycles. The van der Waals surface area contributed by atoms with Crippen LogP contribution in [-0.4, -0.2) is 22.2 Å². The first kappa shape index (κ1) is 17.8. The highest BCUT2D eigenvalue weighted by Crippen LogP contribution is 2.40. The van der Waals surface area contributed by atoms with Crippen LogP contribution in [0.4, 0.5) is 4.39 Å². The first-order chi connectivity index (χ1) is 13.4. The minimum absolute atomic E-state index is 0.0145. The fourth-order valence-electron chi connectivity index (χ4n) is 3.03. The Morgan fingerprint density at radius 1 is 1.21 bits per heavy atom. The van der Waals surface area contributed by atoms with E-state index in [0.29, 0.717) is 33.6 Å². The Balaban J connectivity index is 1.99. The van der Waals surface area contributed by atoms with Gasteiger partial charge in [-0.1, -0.05) is 0 Å². The highest BCUT2D eigenvalue weighted by Gasteiger charge is 2.24. The second-order valence-electron chi connectivity index (χ2n) is 6.50. The summed E-state index contributed by atoms with van der Waals surface area (Å²) in [5.74, 6) is -0.506. The predicted molar refractivity (Wildman–Crippen MR) is 99.8 cm³/mol. The number of hydrogen-bond acceptors (Lipinski definition) is 5. The molecule has 28 heavy (non-hydrogen) atoms. The van der Waals surface area contributed by atoms with Crippen molar-refractivity contribution in [3.63, 3.8) is 0 Å². The fourth-order valence-corrected chi connectivity index (χ4v) is 3.03. The lowest BCUT2D eigenvalue weighted by Crippen LogP contribution is -2.06. The minimum Gasteiger partial charge on any atom is -0.490 e. The van der Waals surface area contributed by atoms with Gasteiger partial charge >= 0.3 is 5.97 Å². The van der Waals surface area contributed by atoms with E-state index in [1.165, 1.54) is 36.9 Å². The van der Waals surface area contributed by atoms with Gasteiger partial charge < -0.3 is 18.7 Å². The second-order valence-corrected chi connectivity index (χ2v) is 6.50. The summed E-state index contributed by atoms with van der Waals surface area (Å²) < 4.78 is 30.4. The SMILES string of the molecule is CC(C)Oc1cc2c(C(=O)O)c(-c3ccc(F)cc3)oc2cc1-c1cnco1. The van der Waals surface area contributed by atoms with Gasteiger partial charge in [-0.15, -0.1) is 0 Å². The zero-order chi connectivity index (χ0) is 19.8. The normalized spacial score (nSPS) is 11.3. The van der Waals surface area contributed by atoms with E-state index in [2.05, 4.69) is 4.98 Å². The summed E-state index contributed by atoms with van der Waals surface area (Å²) in [4.78, 5) is 15.9. The number of aromatic nitrogens is 1. The Morgan fingerprint density at radius 2 is 1.96 bits per heavy atom. The van der Waals surface area contributed by atoms with Gasteiger partial charge in [-0.2, -0.15) is 0 Å². The maximum absolute atomic E-state index is 13.3. The number of aromatic carboxylic acids is 1. The number of carboxylic acid groups (broad SMARTS) is 1.